The molecule has 0 amide bonds. The van der Waals surface area contributed by atoms with Crippen molar-refractivity contribution < 1.29 is 27.8 Å². The normalized spacial score (nSPS) is 15.3. The van der Waals surface area contributed by atoms with E-state index in [1.54, 1.807) is 0 Å². The van der Waals surface area contributed by atoms with Crippen molar-refractivity contribution in [3.05, 3.63) is 23.4 Å². The van der Waals surface area contributed by atoms with Gasteiger partial charge in [0, 0.05) is 12.6 Å². The van der Waals surface area contributed by atoms with E-state index in [0.717, 1.165) is 18.9 Å². The average molecular weight is 304 g/mol. The summed E-state index contributed by atoms with van der Waals surface area (Å²) in [7, 11) is 1.89. The van der Waals surface area contributed by atoms with Crippen molar-refractivity contribution in [2.45, 2.75) is 25.1 Å². The number of halogens is 3. The Morgan fingerprint density at radius 3 is 2.67 bits per heavy atom. The molecule has 0 spiro atoms. The van der Waals surface area contributed by atoms with Crippen LogP contribution in [0.25, 0.3) is 0 Å². The highest BCUT2D eigenvalue weighted by molar-refractivity contribution is 5.90. The van der Waals surface area contributed by atoms with Crippen molar-refractivity contribution in [1.82, 2.24) is 9.88 Å². The maximum atomic E-state index is 12.6. The number of hydrogen-bond donors (Lipinski definition) is 1. The van der Waals surface area contributed by atoms with Crippen molar-refractivity contribution in [2.24, 2.45) is 0 Å². The van der Waals surface area contributed by atoms with Crippen LogP contribution < -0.4 is 4.74 Å². The van der Waals surface area contributed by atoms with Crippen LogP contribution in [0.1, 0.15) is 28.9 Å². The van der Waals surface area contributed by atoms with Crippen LogP contribution in [0.5, 0.6) is 5.88 Å². The smallest absolute Gasteiger partial charge is 0.433 e. The highest BCUT2D eigenvalue weighted by atomic mass is 19.4. The molecule has 0 unspecified atom stereocenters. The van der Waals surface area contributed by atoms with Gasteiger partial charge in [-0.15, -0.1) is 0 Å². The van der Waals surface area contributed by atoms with E-state index in [9.17, 15) is 18.0 Å². The number of likely N-dealkylation sites (N-methyl/N-ethyl adjacent to an activating group) is 1. The lowest BCUT2D eigenvalue weighted by atomic mass is 10.2. The molecule has 1 aliphatic rings. The minimum absolute atomic E-state index is 0.0849. The molecule has 2 rings (SSSR count). The minimum Gasteiger partial charge on any atom is -0.477 e. The largest absolute Gasteiger partial charge is 0.477 e. The maximum Gasteiger partial charge on any atom is 0.433 e. The first-order valence-corrected chi connectivity index (χ1v) is 6.43. The Morgan fingerprint density at radius 1 is 1.48 bits per heavy atom. The Morgan fingerprint density at radius 2 is 2.14 bits per heavy atom. The van der Waals surface area contributed by atoms with Gasteiger partial charge < -0.3 is 14.7 Å². The Labute approximate surface area is 119 Å². The molecule has 0 saturated heterocycles. The van der Waals surface area contributed by atoms with E-state index >= 15 is 0 Å². The first kappa shape index (κ1) is 15.6. The van der Waals surface area contributed by atoms with Gasteiger partial charge in [0.2, 0.25) is 5.88 Å². The summed E-state index contributed by atoms with van der Waals surface area (Å²) in [5.74, 6) is -1.87. The summed E-state index contributed by atoms with van der Waals surface area (Å²) < 4.78 is 42.9. The average Bonchev–Trinajstić information content (AvgIpc) is 3.21. The topological polar surface area (TPSA) is 62.7 Å². The van der Waals surface area contributed by atoms with Crippen LogP contribution in [0.2, 0.25) is 0 Å². The molecule has 0 aromatic carbocycles. The number of aromatic nitrogens is 1. The summed E-state index contributed by atoms with van der Waals surface area (Å²) in [4.78, 5) is 16.3. The Hall–Kier alpha value is -1.83. The van der Waals surface area contributed by atoms with Crippen LogP contribution in [0.3, 0.4) is 0 Å². The summed E-state index contributed by atoms with van der Waals surface area (Å²) in [5, 5.41) is 8.95. The van der Waals surface area contributed by atoms with Gasteiger partial charge >= 0.3 is 12.1 Å². The standard InChI is InChI=1S/C13H15F3N2O3/c1-18(8-2-3-8)6-7-21-11-9(12(19)20)4-5-10(17-11)13(14,15)16/h4-5,8H,2-3,6-7H2,1H3,(H,19,20). The van der Waals surface area contributed by atoms with E-state index in [2.05, 4.69) is 4.98 Å². The predicted molar refractivity (Wildman–Crippen MR) is 67.3 cm³/mol. The lowest BCUT2D eigenvalue weighted by Crippen LogP contribution is -2.26. The number of hydrogen-bond acceptors (Lipinski definition) is 4. The molecule has 1 aromatic heterocycles. The number of carboxylic acids is 1. The van der Waals surface area contributed by atoms with Crippen LogP contribution in [0.15, 0.2) is 12.1 Å². The zero-order valence-corrected chi connectivity index (χ0v) is 11.4. The molecule has 0 bridgehead atoms. The fraction of sp³-hybridized carbons (Fsp3) is 0.538. The third-order valence-corrected chi connectivity index (χ3v) is 3.23. The number of ether oxygens (including phenoxy) is 1. The van der Waals surface area contributed by atoms with Gasteiger partial charge in [-0.05, 0) is 32.0 Å². The van der Waals surface area contributed by atoms with Gasteiger partial charge in [0.25, 0.3) is 0 Å². The second-order valence-electron chi connectivity index (χ2n) is 4.91. The summed E-state index contributed by atoms with van der Waals surface area (Å²) in [6, 6.07) is 1.98. The van der Waals surface area contributed by atoms with E-state index in [-0.39, 0.29) is 12.2 Å². The second-order valence-corrected chi connectivity index (χ2v) is 4.91. The van der Waals surface area contributed by atoms with Crippen molar-refractivity contribution in [3.63, 3.8) is 0 Å². The van der Waals surface area contributed by atoms with Crippen LogP contribution >= 0.6 is 0 Å². The summed E-state index contributed by atoms with van der Waals surface area (Å²) >= 11 is 0. The molecule has 1 saturated carbocycles. The van der Waals surface area contributed by atoms with Crippen molar-refractivity contribution in [1.29, 1.82) is 0 Å². The van der Waals surface area contributed by atoms with E-state index in [1.807, 2.05) is 11.9 Å². The molecule has 1 aromatic rings. The summed E-state index contributed by atoms with van der Waals surface area (Å²) in [6.45, 7) is 0.587. The monoisotopic (exact) mass is 304 g/mol. The lowest BCUT2D eigenvalue weighted by Gasteiger charge is -2.16. The lowest BCUT2D eigenvalue weighted by molar-refractivity contribution is -0.141. The first-order chi connectivity index (χ1) is 9.79. The van der Waals surface area contributed by atoms with Gasteiger partial charge in [-0.3, -0.25) is 0 Å². The fourth-order valence-electron chi connectivity index (χ4n) is 1.86. The summed E-state index contributed by atoms with van der Waals surface area (Å²) in [5.41, 5.74) is -1.55. The molecule has 1 aliphatic carbocycles. The van der Waals surface area contributed by atoms with E-state index in [0.29, 0.717) is 18.7 Å². The molecule has 5 nitrogen and oxygen atoms in total. The zero-order chi connectivity index (χ0) is 15.6. The molecule has 1 heterocycles. The van der Waals surface area contributed by atoms with Crippen LogP contribution in [0, 0.1) is 0 Å². The van der Waals surface area contributed by atoms with E-state index in [4.69, 9.17) is 9.84 Å². The molecule has 8 heteroatoms. The molecular weight excluding hydrogens is 289 g/mol. The van der Waals surface area contributed by atoms with Gasteiger partial charge in [-0.2, -0.15) is 13.2 Å². The number of pyridine rings is 1. The number of carboxylic acid groups (broad SMARTS) is 1. The second kappa shape index (κ2) is 5.88. The van der Waals surface area contributed by atoms with Crippen LogP contribution in [-0.2, 0) is 6.18 Å². The van der Waals surface area contributed by atoms with Gasteiger partial charge in [0.05, 0.1) is 0 Å². The predicted octanol–water partition coefficient (Wildman–Crippen LogP) is 2.27. The SMILES string of the molecule is CN(CCOc1nc(C(F)(F)F)ccc1C(=O)O)C1CC1. The van der Waals surface area contributed by atoms with Crippen LogP contribution in [0.4, 0.5) is 13.2 Å². The molecule has 1 fully saturated rings. The van der Waals surface area contributed by atoms with Gasteiger partial charge in [0.1, 0.15) is 17.9 Å². The third-order valence-electron chi connectivity index (χ3n) is 3.23. The van der Waals surface area contributed by atoms with Crippen molar-refractivity contribution >= 4 is 5.97 Å². The number of carbonyl (C=O) groups is 1. The highest BCUT2D eigenvalue weighted by Crippen LogP contribution is 2.30. The number of nitrogens with zero attached hydrogens (tertiary/aromatic N) is 2. The van der Waals surface area contributed by atoms with E-state index < -0.39 is 23.7 Å². The fourth-order valence-corrected chi connectivity index (χ4v) is 1.86. The molecule has 1 N–H and O–H groups in total. The third kappa shape index (κ3) is 4.07. The van der Waals surface area contributed by atoms with E-state index in [1.165, 1.54) is 0 Å². The number of alkyl halides is 3. The quantitative estimate of drug-likeness (QED) is 0.873. The maximum absolute atomic E-state index is 12.6. The highest BCUT2D eigenvalue weighted by Gasteiger charge is 2.34. The Balaban J connectivity index is 2.08. The van der Waals surface area contributed by atoms with Gasteiger partial charge in [-0.25, -0.2) is 9.78 Å². The molecule has 116 valence electrons. The Bertz CT molecular complexity index is 530. The summed E-state index contributed by atoms with van der Waals surface area (Å²) in [6.07, 6.45) is -2.45. The number of rotatable bonds is 6. The molecule has 0 atom stereocenters. The van der Waals surface area contributed by atoms with Crippen molar-refractivity contribution in [2.75, 3.05) is 20.2 Å². The van der Waals surface area contributed by atoms with Crippen LogP contribution in [-0.4, -0.2) is 47.2 Å². The molecular formula is C13H15F3N2O3. The molecule has 21 heavy (non-hydrogen) atoms. The van der Waals surface area contributed by atoms with Gasteiger partial charge in [0.15, 0.2) is 0 Å². The minimum atomic E-state index is -4.64. The molecule has 0 aliphatic heterocycles. The number of aromatic carboxylic acids is 1. The van der Waals surface area contributed by atoms with Gasteiger partial charge in [-0.1, -0.05) is 0 Å². The molecule has 0 radical (unpaired) electrons. The zero-order valence-electron chi connectivity index (χ0n) is 11.4. The Kier molecular flexibility index (Phi) is 4.36. The first-order valence-electron chi connectivity index (χ1n) is 6.43. The van der Waals surface area contributed by atoms with Crippen molar-refractivity contribution in [3.8, 4) is 5.88 Å².